The van der Waals surface area contributed by atoms with Crippen LogP contribution < -0.4 is 5.32 Å². The highest BCUT2D eigenvalue weighted by Crippen LogP contribution is 2.13. The topological polar surface area (TPSA) is 58.6 Å². The minimum absolute atomic E-state index is 0.182. The lowest BCUT2D eigenvalue weighted by Crippen LogP contribution is -2.20. The fourth-order valence-corrected chi connectivity index (χ4v) is 1.48. The number of anilines is 1. The fourth-order valence-electron chi connectivity index (χ4n) is 1.48. The van der Waals surface area contributed by atoms with E-state index < -0.39 is 6.10 Å². The van der Waals surface area contributed by atoms with Gasteiger partial charge in [-0.1, -0.05) is 0 Å². The summed E-state index contributed by atoms with van der Waals surface area (Å²) in [7, 11) is 1.31. The first-order valence-electron chi connectivity index (χ1n) is 5.78. The summed E-state index contributed by atoms with van der Waals surface area (Å²) in [5.41, 5.74) is 1.29. The molecular weight excluding hydrogens is 237 g/mol. The van der Waals surface area contributed by atoms with Crippen molar-refractivity contribution in [3.63, 3.8) is 0 Å². The van der Waals surface area contributed by atoms with Crippen LogP contribution in [0.3, 0.4) is 0 Å². The number of aliphatic hydroxyl groups is 1. The fraction of sp³-hybridized carbons (Fsp3) is 0.462. The van der Waals surface area contributed by atoms with Crippen molar-refractivity contribution in [1.82, 2.24) is 0 Å². The molecule has 1 rings (SSSR count). The second-order valence-electron chi connectivity index (χ2n) is 4.11. The van der Waals surface area contributed by atoms with Gasteiger partial charge in [0.1, 0.15) is 5.82 Å². The maximum Gasteiger partial charge on any atom is 0.305 e. The maximum atomic E-state index is 13.0. The van der Waals surface area contributed by atoms with Crippen LogP contribution in [-0.4, -0.2) is 30.8 Å². The van der Waals surface area contributed by atoms with Crippen LogP contribution in [-0.2, 0) is 9.53 Å². The van der Waals surface area contributed by atoms with E-state index in [4.69, 9.17) is 0 Å². The van der Waals surface area contributed by atoms with Gasteiger partial charge in [0.25, 0.3) is 0 Å². The van der Waals surface area contributed by atoms with Gasteiger partial charge in [-0.25, -0.2) is 4.39 Å². The highest BCUT2D eigenvalue weighted by Gasteiger charge is 2.08. The predicted octanol–water partition coefficient (Wildman–Crippen LogP) is 1.86. The van der Waals surface area contributed by atoms with Crippen LogP contribution in [0.1, 0.15) is 18.4 Å². The first-order chi connectivity index (χ1) is 8.52. The molecule has 0 radical (unpaired) electrons. The molecule has 0 heterocycles. The molecule has 0 saturated carbocycles. The lowest BCUT2D eigenvalue weighted by molar-refractivity contribution is -0.141. The summed E-state index contributed by atoms with van der Waals surface area (Å²) < 4.78 is 17.5. The molecule has 18 heavy (non-hydrogen) atoms. The van der Waals surface area contributed by atoms with Crippen LogP contribution in [0.2, 0.25) is 0 Å². The van der Waals surface area contributed by atoms with Gasteiger partial charge in [0.15, 0.2) is 0 Å². The summed E-state index contributed by atoms with van der Waals surface area (Å²) in [4.78, 5) is 10.9. The third kappa shape index (κ3) is 4.71. The van der Waals surface area contributed by atoms with Gasteiger partial charge in [0, 0.05) is 18.7 Å². The molecule has 2 N–H and O–H groups in total. The van der Waals surface area contributed by atoms with Gasteiger partial charge in [-0.05, 0) is 37.1 Å². The summed E-state index contributed by atoms with van der Waals surface area (Å²) in [6.45, 7) is 1.98. The van der Waals surface area contributed by atoms with E-state index >= 15 is 0 Å². The SMILES string of the molecule is COC(=O)CCC(O)CNc1ccc(F)c(C)c1. The van der Waals surface area contributed by atoms with Gasteiger partial charge in [-0.2, -0.15) is 0 Å². The lowest BCUT2D eigenvalue weighted by atomic mass is 10.2. The number of ether oxygens (including phenoxy) is 1. The number of hydrogen-bond donors (Lipinski definition) is 2. The number of halogens is 1. The number of esters is 1. The van der Waals surface area contributed by atoms with Gasteiger partial charge < -0.3 is 15.2 Å². The standard InChI is InChI=1S/C13H18FNO3/c1-9-7-10(3-5-12(9)14)15-8-11(16)4-6-13(17)18-2/h3,5,7,11,15-16H,4,6,8H2,1-2H3. The Morgan fingerprint density at radius 2 is 2.28 bits per heavy atom. The van der Waals surface area contributed by atoms with Gasteiger partial charge in [0.05, 0.1) is 13.2 Å². The molecule has 0 amide bonds. The van der Waals surface area contributed by atoms with Crippen molar-refractivity contribution >= 4 is 11.7 Å². The third-order valence-corrected chi connectivity index (χ3v) is 2.61. The molecule has 0 spiro atoms. The van der Waals surface area contributed by atoms with Crippen molar-refractivity contribution in [3.8, 4) is 0 Å². The Hall–Kier alpha value is -1.62. The monoisotopic (exact) mass is 255 g/mol. The number of carbonyl (C=O) groups excluding carboxylic acids is 1. The van der Waals surface area contributed by atoms with Crippen molar-refractivity contribution in [2.75, 3.05) is 19.0 Å². The predicted molar refractivity (Wildman–Crippen MR) is 66.9 cm³/mol. The van der Waals surface area contributed by atoms with Crippen molar-refractivity contribution in [1.29, 1.82) is 0 Å². The summed E-state index contributed by atoms with van der Waals surface area (Å²) in [6.07, 6.45) is -0.129. The number of methoxy groups -OCH3 is 1. The summed E-state index contributed by atoms with van der Waals surface area (Å²) in [5.74, 6) is -0.599. The molecule has 1 atom stereocenters. The molecule has 4 nitrogen and oxygen atoms in total. The molecule has 1 aromatic carbocycles. The van der Waals surface area contributed by atoms with Crippen LogP contribution in [0.4, 0.5) is 10.1 Å². The molecule has 0 aliphatic heterocycles. The quantitative estimate of drug-likeness (QED) is 0.762. The normalized spacial score (nSPS) is 12.0. The first kappa shape index (κ1) is 14.4. The third-order valence-electron chi connectivity index (χ3n) is 2.61. The molecule has 0 aromatic heterocycles. The van der Waals surface area contributed by atoms with Gasteiger partial charge in [0.2, 0.25) is 0 Å². The average Bonchev–Trinajstić information content (AvgIpc) is 2.37. The molecule has 0 bridgehead atoms. The molecule has 0 aliphatic carbocycles. The number of aryl methyl sites for hydroxylation is 1. The minimum atomic E-state index is -0.644. The second kappa shape index (κ2) is 6.96. The largest absolute Gasteiger partial charge is 0.469 e. The first-order valence-corrected chi connectivity index (χ1v) is 5.78. The van der Waals surface area contributed by atoms with Gasteiger partial charge >= 0.3 is 5.97 Å². The van der Waals surface area contributed by atoms with Gasteiger partial charge in [-0.3, -0.25) is 4.79 Å². The Kier molecular flexibility index (Phi) is 5.58. The zero-order valence-corrected chi connectivity index (χ0v) is 10.6. The average molecular weight is 255 g/mol. The Morgan fingerprint density at radius 1 is 1.56 bits per heavy atom. The van der Waals surface area contributed by atoms with E-state index in [9.17, 15) is 14.3 Å². The van der Waals surface area contributed by atoms with Crippen LogP contribution >= 0.6 is 0 Å². The van der Waals surface area contributed by atoms with E-state index in [0.29, 0.717) is 18.5 Å². The molecule has 1 unspecified atom stereocenters. The lowest BCUT2D eigenvalue weighted by Gasteiger charge is -2.12. The molecule has 0 fully saturated rings. The number of hydrogen-bond acceptors (Lipinski definition) is 4. The smallest absolute Gasteiger partial charge is 0.305 e. The van der Waals surface area contributed by atoms with Crippen molar-refractivity contribution in [3.05, 3.63) is 29.6 Å². The number of benzene rings is 1. The molecule has 5 heteroatoms. The maximum absolute atomic E-state index is 13.0. The van der Waals surface area contributed by atoms with Crippen LogP contribution in [0.15, 0.2) is 18.2 Å². The van der Waals surface area contributed by atoms with Crippen molar-refractivity contribution in [2.24, 2.45) is 0 Å². The molecule has 100 valence electrons. The highest BCUT2D eigenvalue weighted by molar-refractivity contribution is 5.69. The second-order valence-corrected chi connectivity index (χ2v) is 4.11. The van der Waals surface area contributed by atoms with Crippen LogP contribution in [0.5, 0.6) is 0 Å². The summed E-state index contributed by atoms with van der Waals surface area (Å²) >= 11 is 0. The van der Waals surface area contributed by atoms with E-state index in [-0.39, 0.29) is 18.2 Å². The number of nitrogens with one attached hydrogen (secondary N) is 1. The molecule has 0 saturated heterocycles. The summed E-state index contributed by atoms with van der Waals surface area (Å²) in [5, 5.41) is 12.6. The highest BCUT2D eigenvalue weighted by atomic mass is 19.1. The van der Waals surface area contributed by atoms with Crippen molar-refractivity contribution in [2.45, 2.75) is 25.9 Å². The van der Waals surface area contributed by atoms with E-state index in [0.717, 1.165) is 5.69 Å². The Morgan fingerprint density at radius 3 is 2.89 bits per heavy atom. The Labute approximate surface area is 106 Å². The Balaban J connectivity index is 2.35. The Bertz CT molecular complexity index is 409. The molecular formula is C13H18FNO3. The van der Waals surface area contributed by atoms with Gasteiger partial charge in [-0.15, -0.1) is 0 Å². The van der Waals surface area contributed by atoms with Crippen LogP contribution in [0.25, 0.3) is 0 Å². The number of carbonyl (C=O) groups is 1. The number of rotatable bonds is 6. The van der Waals surface area contributed by atoms with E-state index in [2.05, 4.69) is 10.1 Å². The zero-order chi connectivity index (χ0) is 13.5. The molecule has 1 aromatic rings. The van der Waals surface area contributed by atoms with E-state index in [1.165, 1.54) is 13.2 Å². The minimum Gasteiger partial charge on any atom is -0.469 e. The zero-order valence-electron chi connectivity index (χ0n) is 10.6. The van der Waals surface area contributed by atoms with E-state index in [1.54, 1.807) is 19.1 Å². The number of aliphatic hydroxyl groups excluding tert-OH is 1. The molecule has 0 aliphatic rings. The summed E-state index contributed by atoms with van der Waals surface area (Å²) in [6, 6.07) is 4.65. The van der Waals surface area contributed by atoms with E-state index in [1.807, 2.05) is 0 Å². The van der Waals surface area contributed by atoms with Crippen molar-refractivity contribution < 1.29 is 19.0 Å². The van der Waals surface area contributed by atoms with Crippen LogP contribution in [0, 0.1) is 12.7 Å².